The van der Waals surface area contributed by atoms with E-state index < -0.39 is 0 Å². The molecule has 0 spiro atoms. The fourth-order valence-corrected chi connectivity index (χ4v) is 6.10. The first kappa shape index (κ1) is 15.0. The zero-order valence-corrected chi connectivity index (χ0v) is 13.9. The molecule has 0 radical (unpaired) electrons. The van der Waals surface area contributed by atoms with Gasteiger partial charge in [-0.15, -0.1) is 0 Å². The van der Waals surface area contributed by atoms with Crippen LogP contribution in [0.5, 0.6) is 0 Å². The summed E-state index contributed by atoms with van der Waals surface area (Å²) in [5.74, 6) is 1.37. The molecule has 4 aliphatic carbocycles. The zero-order chi connectivity index (χ0) is 14.9. The van der Waals surface area contributed by atoms with Gasteiger partial charge in [-0.1, -0.05) is 43.7 Å². The van der Waals surface area contributed by atoms with Crippen molar-refractivity contribution in [3.05, 3.63) is 0 Å². The summed E-state index contributed by atoms with van der Waals surface area (Å²) >= 11 is 0. The van der Waals surface area contributed by atoms with Crippen molar-refractivity contribution in [2.45, 2.75) is 102 Å². The molecule has 0 aliphatic heterocycles. The first-order chi connectivity index (χ1) is 10.9. The van der Waals surface area contributed by atoms with Crippen molar-refractivity contribution in [3.8, 4) is 0 Å². The molecule has 0 saturated heterocycles. The maximum atomic E-state index is 9.67. The van der Waals surface area contributed by atoms with Gasteiger partial charge < -0.3 is 5.21 Å². The lowest BCUT2D eigenvalue weighted by Gasteiger charge is -2.47. The quantitative estimate of drug-likeness (QED) is 0.612. The van der Waals surface area contributed by atoms with Gasteiger partial charge in [0.1, 0.15) is 0 Å². The average molecular weight is 304 g/mol. The van der Waals surface area contributed by atoms with Crippen LogP contribution < -0.4 is 0 Å². The Bertz CT molecular complexity index is 392. The third-order valence-electron chi connectivity index (χ3n) is 7.07. The van der Waals surface area contributed by atoms with E-state index in [2.05, 4.69) is 10.1 Å². The van der Waals surface area contributed by atoms with Gasteiger partial charge in [0, 0.05) is 18.0 Å². The highest BCUT2D eigenvalue weighted by Crippen LogP contribution is 2.47. The Balaban J connectivity index is 1.61. The summed E-state index contributed by atoms with van der Waals surface area (Å²) in [5, 5.41) is 13.5. The highest BCUT2D eigenvalue weighted by molar-refractivity contribution is 5.94. The van der Waals surface area contributed by atoms with E-state index in [1.54, 1.807) is 0 Å². The van der Waals surface area contributed by atoms with E-state index in [1.807, 2.05) is 0 Å². The van der Waals surface area contributed by atoms with Gasteiger partial charge in [-0.3, -0.25) is 4.90 Å². The molecule has 0 aromatic carbocycles. The molecule has 3 heteroatoms. The summed E-state index contributed by atoms with van der Waals surface area (Å²) in [6, 6.07) is 2.01. The molecule has 0 aromatic rings. The molecule has 22 heavy (non-hydrogen) atoms. The molecule has 4 aliphatic rings. The van der Waals surface area contributed by atoms with E-state index in [-0.39, 0.29) is 0 Å². The summed E-state index contributed by atoms with van der Waals surface area (Å²) in [5.41, 5.74) is 1.16. The number of hydrogen-bond acceptors (Lipinski definition) is 3. The molecule has 3 unspecified atom stereocenters. The lowest BCUT2D eigenvalue weighted by molar-refractivity contribution is 0.0426. The second-order valence-electron chi connectivity index (χ2n) is 8.27. The highest BCUT2D eigenvalue weighted by Gasteiger charge is 2.50. The second-order valence-corrected chi connectivity index (χ2v) is 8.27. The van der Waals surface area contributed by atoms with Gasteiger partial charge in [0.2, 0.25) is 0 Å². The molecular weight excluding hydrogens is 272 g/mol. The van der Waals surface area contributed by atoms with Gasteiger partial charge in [0.25, 0.3) is 0 Å². The van der Waals surface area contributed by atoms with Crippen LogP contribution >= 0.6 is 0 Å². The first-order valence-electron chi connectivity index (χ1n) is 9.87. The van der Waals surface area contributed by atoms with Crippen LogP contribution in [-0.4, -0.2) is 33.9 Å². The lowest BCUT2D eigenvalue weighted by Crippen LogP contribution is -2.55. The molecule has 0 aromatic heterocycles. The van der Waals surface area contributed by atoms with Gasteiger partial charge >= 0.3 is 0 Å². The number of oxime groups is 1. The molecule has 2 bridgehead atoms. The molecule has 3 nitrogen and oxygen atoms in total. The monoisotopic (exact) mass is 304 g/mol. The Hall–Kier alpha value is -0.570. The number of nitrogens with zero attached hydrogens (tertiary/aromatic N) is 2. The van der Waals surface area contributed by atoms with Crippen LogP contribution in [0.15, 0.2) is 5.16 Å². The standard InChI is InChI=1S/C19H32N2O/c22-20-18-14-11-12-15(13-14)19(18)21(16-7-3-1-4-8-16)17-9-5-2-6-10-17/h14-17,19,22H,1-13H2. The third kappa shape index (κ3) is 2.60. The minimum absolute atomic E-state index is 0.481. The number of fused-ring (bicyclic) bond motifs is 2. The summed E-state index contributed by atoms with van der Waals surface area (Å²) in [7, 11) is 0. The summed E-state index contributed by atoms with van der Waals surface area (Å²) in [6.45, 7) is 0. The van der Waals surface area contributed by atoms with Crippen molar-refractivity contribution in [2.24, 2.45) is 17.0 Å². The largest absolute Gasteiger partial charge is 0.411 e. The predicted octanol–water partition coefficient (Wildman–Crippen LogP) is 4.58. The van der Waals surface area contributed by atoms with E-state index in [4.69, 9.17) is 0 Å². The summed E-state index contributed by atoms with van der Waals surface area (Å²) in [6.07, 6.45) is 17.9. The van der Waals surface area contributed by atoms with Crippen LogP contribution in [0.3, 0.4) is 0 Å². The van der Waals surface area contributed by atoms with Crippen molar-refractivity contribution in [2.75, 3.05) is 0 Å². The SMILES string of the molecule is ON=C1C2CCC(C2)C1N(C1CCCCC1)C1CCCCC1. The number of hydrogen-bond donors (Lipinski definition) is 1. The van der Waals surface area contributed by atoms with Crippen LogP contribution in [0.25, 0.3) is 0 Å². The van der Waals surface area contributed by atoms with E-state index in [0.29, 0.717) is 12.0 Å². The minimum Gasteiger partial charge on any atom is -0.411 e. The lowest BCUT2D eigenvalue weighted by atomic mass is 9.83. The zero-order valence-electron chi connectivity index (χ0n) is 13.9. The molecule has 0 heterocycles. The van der Waals surface area contributed by atoms with Crippen LogP contribution in [0, 0.1) is 11.8 Å². The Morgan fingerprint density at radius 1 is 0.773 bits per heavy atom. The second kappa shape index (κ2) is 6.51. The highest BCUT2D eigenvalue weighted by atomic mass is 16.4. The Morgan fingerprint density at radius 3 is 1.91 bits per heavy atom. The number of rotatable bonds is 3. The van der Waals surface area contributed by atoms with Crippen LogP contribution in [0.2, 0.25) is 0 Å². The fourth-order valence-electron chi connectivity index (χ4n) is 6.10. The third-order valence-corrected chi connectivity index (χ3v) is 7.07. The molecule has 3 atom stereocenters. The van der Waals surface area contributed by atoms with Crippen molar-refractivity contribution in [1.29, 1.82) is 0 Å². The molecule has 124 valence electrons. The van der Waals surface area contributed by atoms with Crippen LogP contribution in [-0.2, 0) is 0 Å². The van der Waals surface area contributed by atoms with E-state index in [9.17, 15) is 5.21 Å². The Morgan fingerprint density at radius 2 is 1.36 bits per heavy atom. The fraction of sp³-hybridized carbons (Fsp3) is 0.947. The van der Waals surface area contributed by atoms with Crippen molar-refractivity contribution in [3.63, 3.8) is 0 Å². The maximum Gasteiger partial charge on any atom is 0.0775 e. The first-order valence-corrected chi connectivity index (χ1v) is 9.87. The van der Waals surface area contributed by atoms with Crippen molar-refractivity contribution in [1.82, 2.24) is 4.90 Å². The van der Waals surface area contributed by atoms with E-state index >= 15 is 0 Å². The Kier molecular flexibility index (Phi) is 4.43. The average Bonchev–Trinajstić information content (AvgIpc) is 3.18. The Labute approximate surface area is 135 Å². The molecule has 4 rings (SSSR count). The summed E-state index contributed by atoms with van der Waals surface area (Å²) in [4.78, 5) is 2.90. The van der Waals surface area contributed by atoms with Gasteiger partial charge in [-0.25, -0.2) is 0 Å². The van der Waals surface area contributed by atoms with Crippen LogP contribution in [0.1, 0.15) is 83.5 Å². The van der Waals surface area contributed by atoms with Gasteiger partial charge in [0.15, 0.2) is 0 Å². The summed E-state index contributed by atoms with van der Waals surface area (Å²) < 4.78 is 0. The van der Waals surface area contributed by atoms with Crippen molar-refractivity contribution >= 4 is 5.71 Å². The van der Waals surface area contributed by atoms with Gasteiger partial charge in [0.05, 0.1) is 11.8 Å². The van der Waals surface area contributed by atoms with Crippen molar-refractivity contribution < 1.29 is 5.21 Å². The smallest absolute Gasteiger partial charge is 0.0775 e. The molecule has 4 fully saturated rings. The molecule has 4 saturated carbocycles. The molecule has 0 amide bonds. The normalized spacial score (nSPS) is 39.1. The maximum absolute atomic E-state index is 9.67. The van der Waals surface area contributed by atoms with Gasteiger partial charge in [-0.05, 0) is 50.9 Å². The molecule has 1 N–H and O–H groups in total. The topological polar surface area (TPSA) is 35.8 Å². The van der Waals surface area contributed by atoms with Crippen LogP contribution in [0.4, 0.5) is 0 Å². The minimum atomic E-state index is 0.481. The van der Waals surface area contributed by atoms with E-state index in [0.717, 1.165) is 23.7 Å². The predicted molar refractivity (Wildman–Crippen MR) is 89.4 cm³/mol. The van der Waals surface area contributed by atoms with E-state index in [1.165, 1.54) is 83.5 Å². The molecular formula is C19H32N2O. The van der Waals surface area contributed by atoms with Gasteiger partial charge in [-0.2, -0.15) is 0 Å².